The van der Waals surface area contributed by atoms with Crippen molar-refractivity contribution in [3.63, 3.8) is 0 Å². The second kappa shape index (κ2) is 5.38. The molecular weight excluding hydrogens is 212 g/mol. The third-order valence-electron chi connectivity index (χ3n) is 1.93. The summed E-state index contributed by atoms with van der Waals surface area (Å²) in [7, 11) is 0. The van der Waals surface area contributed by atoms with E-state index in [4.69, 9.17) is 5.73 Å². The maximum Gasteiger partial charge on any atom is 0.216 e. The Morgan fingerprint density at radius 2 is 2.19 bits per heavy atom. The van der Waals surface area contributed by atoms with Crippen molar-refractivity contribution in [1.82, 2.24) is 15.5 Å². The van der Waals surface area contributed by atoms with E-state index in [-0.39, 0.29) is 24.0 Å². The van der Waals surface area contributed by atoms with Gasteiger partial charge in [-0.15, -0.1) is 5.10 Å². The first-order chi connectivity index (χ1) is 7.50. The number of nitrogens with two attached hydrogens (primary N) is 1. The van der Waals surface area contributed by atoms with Crippen molar-refractivity contribution >= 4 is 11.7 Å². The highest BCUT2D eigenvalue weighted by Crippen LogP contribution is 2.13. The molecule has 0 bridgehead atoms. The van der Waals surface area contributed by atoms with Crippen molar-refractivity contribution in [2.75, 3.05) is 12.3 Å². The van der Waals surface area contributed by atoms with Gasteiger partial charge in [-0.2, -0.15) is 5.10 Å². The highest BCUT2D eigenvalue weighted by atomic mass is 16.3. The zero-order valence-corrected chi connectivity index (χ0v) is 8.79. The maximum atomic E-state index is 10.6. The monoisotopic (exact) mass is 226 g/mol. The van der Waals surface area contributed by atoms with Gasteiger partial charge in [-0.3, -0.25) is 4.79 Å². The predicted octanol–water partition coefficient (Wildman–Crippen LogP) is -1.41. The van der Waals surface area contributed by atoms with Gasteiger partial charge in [-0.25, -0.2) is 0 Å². The topological polar surface area (TPSA) is 121 Å². The van der Waals surface area contributed by atoms with Gasteiger partial charge in [0.15, 0.2) is 0 Å². The third kappa shape index (κ3) is 3.44. The molecule has 0 spiro atoms. The number of hydrogen-bond acceptors (Lipinski definition) is 6. The summed E-state index contributed by atoms with van der Waals surface area (Å²) in [4.78, 5) is 10.6. The van der Waals surface area contributed by atoms with Crippen molar-refractivity contribution < 1.29 is 15.0 Å². The standard InChI is InChI=1S/C9H14N4O3/c1-5(14)11-4-7(15)9(16)6-2-3-8(10)13-12-6/h2-3,7,9,15-16H,4H2,1H3,(H2,10,13)(H,11,14). The number of amides is 1. The van der Waals surface area contributed by atoms with Crippen LogP contribution in [0.5, 0.6) is 0 Å². The quantitative estimate of drug-likeness (QED) is 0.500. The summed E-state index contributed by atoms with van der Waals surface area (Å²) in [5, 5.41) is 28.7. The van der Waals surface area contributed by atoms with Gasteiger partial charge in [0, 0.05) is 13.5 Å². The molecule has 7 nitrogen and oxygen atoms in total. The average Bonchev–Trinajstić information content (AvgIpc) is 2.26. The molecule has 7 heteroatoms. The van der Waals surface area contributed by atoms with Crippen LogP contribution in [0.3, 0.4) is 0 Å². The molecular formula is C9H14N4O3. The van der Waals surface area contributed by atoms with Crippen LogP contribution in [0.25, 0.3) is 0 Å². The van der Waals surface area contributed by atoms with Crippen LogP contribution in [0.4, 0.5) is 5.82 Å². The van der Waals surface area contributed by atoms with E-state index < -0.39 is 12.2 Å². The Labute approximate surface area is 92.3 Å². The number of aliphatic hydroxyl groups excluding tert-OH is 2. The van der Waals surface area contributed by atoms with Crippen LogP contribution in [-0.2, 0) is 4.79 Å². The summed E-state index contributed by atoms with van der Waals surface area (Å²) in [5.41, 5.74) is 5.53. The molecule has 0 aliphatic heterocycles. The van der Waals surface area contributed by atoms with Crippen LogP contribution in [-0.4, -0.2) is 39.0 Å². The summed E-state index contributed by atoms with van der Waals surface area (Å²) in [6.07, 6.45) is -2.35. The minimum Gasteiger partial charge on any atom is -0.388 e. The number of carbonyl (C=O) groups is 1. The van der Waals surface area contributed by atoms with E-state index in [2.05, 4.69) is 15.5 Å². The number of nitrogens with one attached hydrogen (secondary N) is 1. The Morgan fingerprint density at radius 1 is 1.50 bits per heavy atom. The number of carbonyl (C=O) groups excluding carboxylic acids is 1. The SMILES string of the molecule is CC(=O)NCC(O)C(O)c1ccc(N)nn1. The molecule has 0 fully saturated rings. The Kier molecular flexibility index (Phi) is 4.15. The van der Waals surface area contributed by atoms with Gasteiger partial charge in [-0.1, -0.05) is 0 Å². The van der Waals surface area contributed by atoms with Crippen molar-refractivity contribution in [1.29, 1.82) is 0 Å². The van der Waals surface area contributed by atoms with E-state index in [1.54, 1.807) is 0 Å². The van der Waals surface area contributed by atoms with Crippen LogP contribution in [0, 0.1) is 0 Å². The fourth-order valence-electron chi connectivity index (χ4n) is 1.07. The summed E-state index contributed by atoms with van der Waals surface area (Å²) in [5.74, 6) is -0.0538. The smallest absolute Gasteiger partial charge is 0.216 e. The highest BCUT2D eigenvalue weighted by Gasteiger charge is 2.20. The van der Waals surface area contributed by atoms with E-state index in [1.165, 1.54) is 19.1 Å². The van der Waals surface area contributed by atoms with Gasteiger partial charge in [0.2, 0.25) is 5.91 Å². The largest absolute Gasteiger partial charge is 0.388 e. The van der Waals surface area contributed by atoms with E-state index >= 15 is 0 Å². The second-order valence-electron chi connectivity index (χ2n) is 3.33. The first kappa shape index (κ1) is 12.3. The fraction of sp³-hybridized carbons (Fsp3) is 0.444. The van der Waals surface area contributed by atoms with Gasteiger partial charge < -0.3 is 21.3 Å². The predicted molar refractivity (Wildman–Crippen MR) is 56.1 cm³/mol. The van der Waals surface area contributed by atoms with Crippen LogP contribution >= 0.6 is 0 Å². The maximum absolute atomic E-state index is 10.6. The minimum absolute atomic E-state index is 0.0530. The van der Waals surface area contributed by atoms with E-state index in [0.717, 1.165) is 0 Å². The molecule has 1 amide bonds. The molecule has 0 aliphatic carbocycles. The number of hydrogen-bond donors (Lipinski definition) is 4. The lowest BCUT2D eigenvalue weighted by Gasteiger charge is -2.16. The van der Waals surface area contributed by atoms with Crippen LogP contribution in [0.2, 0.25) is 0 Å². The molecule has 0 radical (unpaired) electrons. The molecule has 1 aromatic heterocycles. The Balaban J connectivity index is 2.59. The molecule has 16 heavy (non-hydrogen) atoms. The molecule has 1 heterocycles. The van der Waals surface area contributed by atoms with E-state index in [1.807, 2.05) is 0 Å². The lowest BCUT2D eigenvalue weighted by Crippen LogP contribution is -2.34. The molecule has 0 saturated heterocycles. The van der Waals surface area contributed by atoms with Gasteiger partial charge in [-0.05, 0) is 12.1 Å². The Hall–Kier alpha value is -1.73. The van der Waals surface area contributed by atoms with Gasteiger partial charge in [0.05, 0.1) is 5.69 Å². The minimum atomic E-state index is -1.21. The number of nitrogen functional groups attached to an aromatic ring is 1. The number of anilines is 1. The lowest BCUT2D eigenvalue weighted by atomic mass is 10.1. The molecule has 0 saturated carbocycles. The first-order valence-electron chi connectivity index (χ1n) is 4.70. The number of rotatable bonds is 4. The van der Waals surface area contributed by atoms with Gasteiger partial charge in [0.25, 0.3) is 0 Å². The third-order valence-corrected chi connectivity index (χ3v) is 1.93. The number of nitrogens with zero attached hydrogens (tertiary/aromatic N) is 2. The molecule has 2 unspecified atom stereocenters. The van der Waals surface area contributed by atoms with E-state index in [0.29, 0.717) is 0 Å². The Bertz CT molecular complexity index is 354. The number of aromatic nitrogens is 2. The summed E-state index contributed by atoms with van der Waals surface area (Å²) < 4.78 is 0. The van der Waals surface area contributed by atoms with Gasteiger partial charge >= 0.3 is 0 Å². The Morgan fingerprint density at radius 3 is 2.69 bits per heavy atom. The zero-order valence-electron chi connectivity index (χ0n) is 8.79. The molecule has 1 rings (SSSR count). The van der Waals surface area contributed by atoms with Crippen molar-refractivity contribution in [2.45, 2.75) is 19.1 Å². The van der Waals surface area contributed by atoms with Crippen molar-refractivity contribution in [3.05, 3.63) is 17.8 Å². The van der Waals surface area contributed by atoms with Crippen LogP contribution < -0.4 is 11.1 Å². The zero-order chi connectivity index (χ0) is 12.1. The highest BCUT2D eigenvalue weighted by molar-refractivity contribution is 5.72. The first-order valence-corrected chi connectivity index (χ1v) is 4.70. The second-order valence-corrected chi connectivity index (χ2v) is 3.33. The molecule has 1 aromatic rings. The lowest BCUT2D eigenvalue weighted by molar-refractivity contribution is -0.119. The van der Waals surface area contributed by atoms with Gasteiger partial charge in [0.1, 0.15) is 18.0 Å². The molecule has 5 N–H and O–H groups in total. The van der Waals surface area contributed by atoms with Crippen molar-refractivity contribution in [2.24, 2.45) is 0 Å². The fourth-order valence-corrected chi connectivity index (χ4v) is 1.07. The molecule has 0 aliphatic rings. The summed E-state index contributed by atoms with van der Waals surface area (Å²) in [6, 6.07) is 2.93. The van der Waals surface area contributed by atoms with E-state index in [9.17, 15) is 15.0 Å². The number of aliphatic hydroxyl groups is 2. The van der Waals surface area contributed by atoms with Crippen molar-refractivity contribution in [3.8, 4) is 0 Å². The van der Waals surface area contributed by atoms with Crippen LogP contribution in [0.15, 0.2) is 12.1 Å². The molecule has 0 aromatic carbocycles. The summed E-state index contributed by atoms with van der Waals surface area (Å²) in [6.45, 7) is 1.27. The summed E-state index contributed by atoms with van der Waals surface area (Å²) >= 11 is 0. The molecule has 2 atom stereocenters. The average molecular weight is 226 g/mol. The van der Waals surface area contributed by atoms with Crippen LogP contribution in [0.1, 0.15) is 18.7 Å². The molecule has 88 valence electrons. The normalized spacial score (nSPS) is 14.2.